The van der Waals surface area contributed by atoms with Crippen molar-refractivity contribution >= 4 is 11.6 Å². The molecule has 0 radical (unpaired) electrons. The van der Waals surface area contributed by atoms with Crippen LogP contribution in [-0.4, -0.2) is 76.9 Å². The number of ether oxygens (including phenoxy) is 2. The lowest BCUT2D eigenvalue weighted by molar-refractivity contribution is 0.283. The van der Waals surface area contributed by atoms with E-state index in [1.807, 2.05) is 6.07 Å². The highest BCUT2D eigenvalue weighted by molar-refractivity contribution is 5.80. The number of rotatable bonds is 9. The topological polar surface area (TPSA) is 61.4 Å². The van der Waals surface area contributed by atoms with Gasteiger partial charge in [0.15, 0.2) is 5.96 Å². The quantitative estimate of drug-likeness (QED) is 0.345. The number of hydrogen-bond donors (Lipinski definition) is 2. The highest BCUT2D eigenvalue weighted by Crippen LogP contribution is 2.30. The van der Waals surface area contributed by atoms with E-state index in [-0.39, 0.29) is 0 Å². The molecule has 3 rings (SSSR count). The molecule has 0 bridgehead atoms. The Morgan fingerprint density at radius 1 is 0.969 bits per heavy atom. The van der Waals surface area contributed by atoms with Crippen molar-refractivity contribution in [2.24, 2.45) is 4.99 Å². The summed E-state index contributed by atoms with van der Waals surface area (Å²) in [6.07, 6.45) is 8.80. The average molecular weight is 446 g/mol. The van der Waals surface area contributed by atoms with E-state index in [9.17, 15) is 0 Å². The van der Waals surface area contributed by atoms with Crippen LogP contribution in [0.25, 0.3) is 0 Å². The Hall–Kier alpha value is -2.15. The molecule has 0 amide bonds. The normalized spacial score (nSPS) is 18.8. The fourth-order valence-corrected chi connectivity index (χ4v) is 4.62. The SMILES string of the molecule is CCNC(=NCCCN1CCCCCC1)NC1CCN(c2cc(OC)cc(OC)c2)CC1. The number of nitrogens with one attached hydrogen (secondary N) is 2. The van der Waals surface area contributed by atoms with E-state index in [2.05, 4.69) is 39.5 Å². The molecule has 0 atom stereocenters. The molecule has 1 aromatic carbocycles. The number of likely N-dealkylation sites (tertiary alicyclic amines) is 1. The largest absolute Gasteiger partial charge is 0.497 e. The number of methoxy groups -OCH3 is 2. The van der Waals surface area contributed by atoms with E-state index in [4.69, 9.17) is 14.5 Å². The third-order valence-electron chi connectivity index (χ3n) is 6.48. The predicted octanol–water partition coefficient (Wildman–Crippen LogP) is 3.49. The lowest BCUT2D eigenvalue weighted by Crippen LogP contribution is -2.48. The first-order valence-corrected chi connectivity index (χ1v) is 12.5. The first-order valence-electron chi connectivity index (χ1n) is 12.5. The van der Waals surface area contributed by atoms with Crippen molar-refractivity contribution in [1.82, 2.24) is 15.5 Å². The third kappa shape index (κ3) is 7.76. The zero-order valence-corrected chi connectivity index (χ0v) is 20.4. The molecule has 0 aliphatic carbocycles. The summed E-state index contributed by atoms with van der Waals surface area (Å²) >= 11 is 0. The smallest absolute Gasteiger partial charge is 0.191 e. The van der Waals surface area contributed by atoms with Gasteiger partial charge in [-0.3, -0.25) is 4.99 Å². The van der Waals surface area contributed by atoms with E-state index in [0.717, 1.165) is 68.6 Å². The van der Waals surface area contributed by atoms with E-state index >= 15 is 0 Å². The summed E-state index contributed by atoms with van der Waals surface area (Å²) in [5.74, 6) is 2.63. The van der Waals surface area contributed by atoms with Crippen molar-refractivity contribution < 1.29 is 9.47 Å². The van der Waals surface area contributed by atoms with Gasteiger partial charge >= 0.3 is 0 Å². The predicted molar refractivity (Wildman–Crippen MR) is 133 cm³/mol. The fraction of sp³-hybridized carbons (Fsp3) is 0.720. The Bertz CT molecular complexity index is 673. The molecule has 1 aromatic rings. The number of aliphatic imine (C=N–C) groups is 1. The molecular weight excluding hydrogens is 402 g/mol. The molecule has 0 unspecified atom stereocenters. The summed E-state index contributed by atoms with van der Waals surface area (Å²) < 4.78 is 10.9. The second-order valence-electron chi connectivity index (χ2n) is 8.85. The van der Waals surface area contributed by atoms with Crippen LogP contribution in [0.3, 0.4) is 0 Å². The van der Waals surface area contributed by atoms with Gasteiger partial charge in [0.1, 0.15) is 11.5 Å². The van der Waals surface area contributed by atoms with Gasteiger partial charge in [0.2, 0.25) is 0 Å². The number of anilines is 1. The minimum absolute atomic E-state index is 0.446. The molecule has 180 valence electrons. The van der Waals surface area contributed by atoms with Crippen molar-refractivity contribution in [2.75, 3.05) is 64.9 Å². The maximum Gasteiger partial charge on any atom is 0.191 e. The number of benzene rings is 1. The van der Waals surface area contributed by atoms with Gasteiger partial charge in [0, 0.05) is 56.1 Å². The molecular formula is C25H43N5O2. The van der Waals surface area contributed by atoms with Crippen molar-refractivity contribution in [3.8, 4) is 11.5 Å². The molecule has 0 spiro atoms. The molecule has 7 nitrogen and oxygen atoms in total. The van der Waals surface area contributed by atoms with Gasteiger partial charge in [-0.15, -0.1) is 0 Å². The summed E-state index contributed by atoms with van der Waals surface area (Å²) in [5, 5.41) is 7.10. The van der Waals surface area contributed by atoms with Gasteiger partial charge in [-0.25, -0.2) is 0 Å². The van der Waals surface area contributed by atoms with Crippen LogP contribution in [0.2, 0.25) is 0 Å². The molecule has 2 aliphatic rings. The Labute approximate surface area is 194 Å². The average Bonchev–Trinajstić information content (AvgIpc) is 3.11. The van der Waals surface area contributed by atoms with Crippen molar-refractivity contribution in [2.45, 2.75) is 57.9 Å². The minimum Gasteiger partial charge on any atom is -0.497 e. The maximum absolute atomic E-state index is 5.43. The maximum atomic E-state index is 5.43. The van der Waals surface area contributed by atoms with Crippen LogP contribution in [-0.2, 0) is 0 Å². The summed E-state index contributed by atoms with van der Waals surface area (Å²) in [5.41, 5.74) is 1.16. The van der Waals surface area contributed by atoms with Gasteiger partial charge in [-0.1, -0.05) is 12.8 Å². The molecule has 7 heteroatoms. The Morgan fingerprint density at radius 3 is 2.22 bits per heavy atom. The third-order valence-corrected chi connectivity index (χ3v) is 6.48. The highest BCUT2D eigenvalue weighted by atomic mass is 16.5. The molecule has 2 heterocycles. The van der Waals surface area contributed by atoms with Crippen LogP contribution in [0, 0.1) is 0 Å². The van der Waals surface area contributed by atoms with Crippen molar-refractivity contribution in [3.63, 3.8) is 0 Å². The fourth-order valence-electron chi connectivity index (χ4n) is 4.62. The number of nitrogens with zero attached hydrogens (tertiary/aromatic N) is 3. The summed E-state index contributed by atoms with van der Waals surface area (Å²) in [6.45, 7) is 9.61. The van der Waals surface area contributed by atoms with Crippen LogP contribution < -0.4 is 25.0 Å². The number of hydrogen-bond acceptors (Lipinski definition) is 5. The van der Waals surface area contributed by atoms with Gasteiger partial charge in [0.05, 0.1) is 14.2 Å². The summed E-state index contributed by atoms with van der Waals surface area (Å²) in [6, 6.07) is 6.55. The molecule has 0 saturated carbocycles. The Balaban J connectivity index is 1.45. The second kappa shape index (κ2) is 13.4. The molecule has 0 aromatic heterocycles. The van der Waals surface area contributed by atoms with Gasteiger partial charge in [-0.05, 0) is 58.7 Å². The van der Waals surface area contributed by atoms with Crippen LogP contribution in [0.15, 0.2) is 23.2 Å². The second-order valence-corrected chi connectivity index (χ2v) is 8.85. The van der Waals surface area contributed by atoms with Crippen LogP contribution >= 0.6 is 0 Å². The van der Waals surface area contributed by atoms with E-state index in [1.165, 1.54) is 45.3 Å². The van der Waals surface area contributed by atoms with Crippen LogP contribution in [0.4, 0.5) is 5.69 Å². The monoisotopic (exact) mass is 445 g/mol. The Morgan fingerprint density at radius 2 is 1.62 bits per heavy atom. The molecule has 2 aliphatic heterocycles. The van der Waals surface area contributed by atoms with E-state index in [0.29, 0.717) is 6.04 Å². The Kier molecular flexibility index (Phi) is 10.3. The lowest BCUT2D eigenvalue weighted by Gasteiger charge is -2.34. The zero-order valence-electron chi connectivity index (χ0n) is 20.4. The van der Waals surface area contributed by atoms with Gasteiger partial charge < -0.3 is 29.9 Å². The van der Waals surface area contributed by atoms with Crippen molar-refractivity contribution in [1.29, 1.82) is 0 Å². The standard InChI is InChI=1S/C25H43N5O2/c1-4-26-25(27-12-9-15-29-13-7-5-6-8-14-29)28-21-10-16-30(17-11-21)22-18-23(31-2)20-24(19-22)32-3/h18-21H,4-17H2,1-3H3,(H2,26,27,28). The van der Waals surface area contributed by atoms with Gasteiger partial charge in [0.25, 0.3) is 0 Å². The minimum atomic E-state index is 0.446. The van der Waals surface area contributed by atoms with E-state index < -0.39 is 0 Å². The summed E-state index contributed by atoms with van der Waals surface area (Å²) in [7, 11) is 3.40. The van der Waals surface area contributed by atoms with Gasteiger partial charge in [-0.2, -0.15) is 0 Å². The zero-order chi connectivity index (χ0) is 22.6. The van der Waals surface area contributed by atoms with Crippen LogP contribution in [0.1, 0.15) is 51.9 Å². The number of guanidine groups is 1. The molecule has 2 saturated heterocycles. The molecule has 2 fully saturated rings. The lowest BCUT2D eigenvalue weighted by atomic mass is 10.0. The first kappa shape index (κ1) is 24.5. The van der Waals surface area contributed by atoms with E-state index in [1.54, 1.807) is 14.2 Å². The number of piperidine rings is 1. The van der Waals surface area contributed by atoms with Crippen LogP contribution in [0.5, 0.6) is 11.5 Å². The summed E-state index contributed by atoms with van der Waals surface area (Å²) in [4.78, 5) is 9.89. The molecule has 2 N–H and O–H groups in total. The molecule has 32 heavy (non-hydrogen) atoms. The highest BCUT2D eigenvalue weighted by Gasteiger charge is 2.21. The first-order chi connectivity index (χ1) is 15.7. The van der Waals surface area contributed by atoms with Crippen molar-refractivity contribution in [3.05, 3.63) is 18.2 Å².